The molecule has 2 aromatic rings. The van der Waals surface area contributed by atoms with E-state index in [1.807, 2.05) is 9.80 Å². The van der Waals surface area contributed by atoms with Crippen LogP contribution < -0.4 is 10.2 Å². The molecule has 3 atom stereocenters. The molecule has 10 heteroatoms. The van der Waals surface area contributed by atoms with Gasteiger partial charge in [0.25, 0.3) is 0 Å². The van der Waals surface area contributed by atoms with Crippen molar-refractivity contribution >= 4 is 22.5 Å². The van der Waals surface area contributed by atoms with Crippen LogP contribution in [-0.2, 0) is 11.0 Å². The van der Waals surface area contributed by atoms with Crippen molar-refractivity contribution in [1.82, 2.24) is 20.1 Å². The van der Waals surface area contributed by atoms with Gasteiger partial charge in [0.15, 0.2) is 0 Å². The molecule has 34 heavy (non-hydrogen) atoms. The maximum Gasteiger partial charge on any atom is 0.433 e. The van der Waals surface area contributed by atoms with Crippen LogP contribution in [0.2, 0.25) is 0 Å². The van der Waals surface area contributed by atoms with Gasteiger partial charge in [0.05, 0.1) is 11.6 Å². The highest BCUT2D eigenvalue weighted by Crippen LogP contribution is 2.36. The highest BCUT2D eigenvalue weighted by molar-refractivity contribution is 5.93. The summed E-state index contributed by atoms with van der Waals surface area (Å²) >= 11 is 0. The van der Waals surface area contributed by atoms with Gasteiger partial charge in [0.1, 0.15) is 11.4 Å². The van der Waals surface area contributed by atoms with Gasteiger partial charge in [-0.05, 0) is 43.0 Å². The molecule has 0 spiro atoms. The Balaban J connectivity index is 1.27. The molecule has 4 heterocycles. The number of alkyl halides is 3. The van der Waals surface area contributed by atoms with Crippen LogP contribution in [0.5, 0.6) is 5.75 Å². The normalized spacial score (nSPS) is 26.5. The number of aromatic nitrogens is 1. The van der Waals surface area contributed by atoms with Gasteiger partial charge in [-0.3, -0.25) is 9.69 Å². The molecule has 0 radical (unpaired) electrons. The summed E-state index contributed by atoms with van der Waals surface area (Å²) in [6, 6.07) is 5.41. The number of halogens is 3. The zero-order valence-corrected chi connectivity index (χ0v) is 19.2. The van der Waals surface area contributed by atoms with E-state index in [-0.39, 0.29) is 29.3 Å². The van der Waals surface area contributed by atoms with Crippen molar-refractivity contribution < 1.29 is 23.1 Å². The topological polar surface area (TPSA) is 71.9 Å². The second-order valence-electron chi connectivity index (χ2n) is 9.78. The van der Waals surface area contributed by atoms with E-state index in [1.165, 1.54) is 18.2 Å². The number of nitrogens with zero attached hydrogens (tertiary/aromatic N) is 4. The largest absolute Gasteiger partial charge is 0.508 e. The number of piperazine rings is 1. The van der Waals surface area contributed by atoms with Crippen molar-refractivity contribution in [3.8, 4) is 5.75 Å². The monoisotopic (exact) mass is 477 g/mol. The minimum absolute atomic E-state index is 0.00548. The van der Waals surface area contributed by atoms with E-state index in [4.69, 9.17) is 0 Å². The molecule has 7 nitrogen and oxygen atoms in total. The molecule has 2 N–H and O–H groups in total. The van der Waals surface area contributed by atoms with Gasteiger partial charge >= 0.3 is 6.18 Å². The van der Waals surface area contributed by atoms with Crippen LogP contribution in [-0.4, -0.2) is 83.7 Å². The van der Waals surface area contributed by atoms with Crippen LogP contribution in [0.3, 0.4) is 0 Å². The van der Waals surface area contributed by atoms with Gasteiger partial charge in [-0.25, -0.2) is 4.98 Å². The lowest BCUT2D eigenvalue weighted by Gasteiger charge is -2.39. The molecule has 0 aliphatic carbocycles. The number of fused-ring (bicyclic) bond motifs is 1. The number of nitrogens with one attached hydrogen (secondary N) is 1. The number of phenolic OH excluding ortho intramolecular Hbond substituents is 1. The predicted molar refractivity (Wildman–Crippen MR) is 123 cm³/mol. The van der Waals surface area contributed by atoms with Crippen molar-refractivity contribution in [3.05, 3.63) is 30.0 Å². The van der Waals surface area contributed by atoms with Crippen LogP contribution in [0, 0.1) is 5.92 Å². The number of rotatable bonds is 3. The number of hydrogen-bond acceptors (Lipinski definition) is 6. The van der Waals surface area contributed by atoms with E-state index < -0.39 is 11.9 Å². The molecule has 3 aliphatic rings. The number of pyridine rings is 1. The number of amides is 1. The van der Waals surface area contributed by atoms with Crippen LogP contribution in [0.15, 0.2) is 24.3 Å². The van der Waals surface area contributed by atoms with Crippen molar-refractivity contribution in [2.75, 3.05) is 50.7 Å². The summed E-state index contributed by atoms with van der Waals surface area (Å²) in [6.45, 7) is 7.07. The maximum absolute atomic E-state index is 13.5. The fourth-order valence-corrected chi connectivity index (χ4v) is 5.47. The number of likely N-dealkylation sites (tertiary alicyclic amines) is 1. The highest BCUT2D eigenvalue weighted by Gasteiger charge is 2.38. The zero-order valence-electron chi connectivity index (χ0n) is 19.2. The summed E-state index contributed by atoms with van der Waals surface area (Å²) in [5.41, 5.74) is -0.281. The Kier molecular flexibility index (Phi) is 6.05. The smallest absolute Gasteiger partial charge is 0.433 e. The molecule has 184 valence electrons. The average Bonchev–Trinajstić information content (AvgIpc) is 3.47. The molecule has 3 aliphatic heterocycles. The number of anilines is 1. The molecule has 3 saturated heterocycles. The Labute approximate surface area is 196 Å². The first-order valence-electron chi connectivity index (χ1n) is 11.9. The van der Waals surface area contributed by atoms with Crippen LogP contribution >= 0.6 is 0 Å². The van der Waals surface area contributed by atoms with Crippen LogP contribution in [0.1, 0.15) is 25.5 Å². The molecule has 1 unspecified atom stereocenters. The Morgan fingerprint density at radius 1 is 1.15 bits per heavy atom. The van der Waals surface area contributed by atoms with Gasteiger partial charge in [0, 0.05) is 62.9 Å². The maximum atomic E-state index is 13.5. The van der Waals surface area contributed by atoms with Crippen molar-refractivity contribution in [3.63, 3.8) is 0 Å². The molecular weight excluding hydrogens is 447 g/mol. The molecule has 0 saturated carbocycles. The van der Waals surface area contributed by atoms with Crippen molar-refractivity contribution in [2.45, 2.75) is 38.0 Å². The molecule has 1 amide bonds. The van der Waals surface area contributed by atoms with Crippen LogP contribution in [0.4, 0.5) is 18.9 Å². The van der Waals surface area contributed by atoms with Gasteiger partial charge in [-0.2, -0.15) is 13.2 Å². The summed E-state index contributed by atoms with van der Waals surface area (Å²) in [5.74, 6) is 0.737. The number of carbonyl (C=O) groups is 1. The van der Waals surface area contributed by atoms with Gasteiger partial charge in [-0.15, -0.1) is 0 Å². The fraction of sp³-hybridized carbons (Fsp3) is 0.583. The first-order valence-corrected chi connectivity index (χ1v) is 11.9. The van der Waals surface area contributed by atoms with Crippen molar-refractivity contribution in [1.29, 1.82) is 0 Å². The Hall–Kier alpha value is -2.59. The number of carbonyl (C=O) groups excluding carboxylic acids is 1. The van der Waals surface area contributed by atoms with Crippen LogP contribution in [0.25, 0.3) is 10.9 Å². The van der Waals surface area contributed by atoms with E-state index >= 15 is 0 Å². The predicted octanol–water partition coefficient (Wildman–Crippen LogP) is 2.68. The van der Waals surface area contributed by atoms with E-state index in [9.17, 15) is 23.1 Å². The standard InChI is InChI=1S/C24H30F3N5O2/c1-15-4-5-32(14-15)23(34)20-10-16(13-28-20)30-6-8-31(9-7-30)21-12-22(24(25,26)27)29-19-3-2-17(33)11-18(19)21/h2-3,11-12,15-16,20,28,33H,4-10,13-14H2,1H3/t15?,16-,20-/m0/s1. The second kappa shape index (κ2) is 8.88. The summed E-state index contributed by atoms with van der Waals surface area (Å²) in [7, 11) is 0. The number of benzene rings is 1. The molecule has 0 bridgehead atoms. The first-order chi connectivity index (χ1) is 16.2. The van der Waals surface area contributed by atoms with Gasteiger partial charge in [0.2, 0.25) is 5.91 Å². The van der Waals surface area contributed by atoms with Gasteiger partial charge < -0.3 is 20.2 Å². The van der Waals surface area contributed by atoms with E-state index in [0.29, 0.717) is 43.2 Å². The lowest BCUT2D eigenvalue weighted by Crippen LogP contribution is -2.51. The molecule has 5 rings (SSSR count). The number of hydrogen-bond donors (Lipinski definition) is 2. The van der Waals surface area contributed by atoms with Crippen molar-refractivity contribution in [2.24, 2.45) is 5.92 Å². The summed E-state index contributed by atoms with van der Waals surface area (Å²) in [6.07, 6.45) is -2.73. The van der Waals surface area contributed by atoms with E-state index in [1.54, 1.807) is 0 Å². The summed E-state index contributed by atoms with van der Waals surface area (Å²) in [5, 5.41) is 13.8. The molecule has 3 fully saturated rings. The number of aromatic hydroxyl groups is 1. The zero-order chi connectivity index (χ0) is 24.0. The highest BCUT2D eigenvalue weighted by atomic mass is 19.4. The SMILES string of the molecule is CC1CCN(C(=O)[C@@H]2C[C@H](N3CCN(c4cc(C(F)(F)F)nc5ccc(O)cc45)CC3)CN2)C1. The lowest BCUT2D eigenvalue weighted by atomic mass is 10.1. The first kappa shape index (κ1) is 23.2. The summed E-state index contributed by atoms with van der Waals surface area (Å²) < 4.78 is 40.4. The third-order valence-corrected chi connectivity index (χ3v) is 7.37. The van der Waals surface area contributed by atoms with E-state index in [2.05, 4.69) is 22.1 Å². The second-order valence-corrected chi connectivity index (χ2v) is 9.78. The quantitative estimate of drug-likeness (QED) is 0.709. The average molecular weight is 478 g/mol. The number of phenols is 1. The molecule has 1 aromatic heterocycles. The Morgan fingerprint density at radius 3 is 2.59 bits per heavy atom. The Bertz CT molecular complexity index is 1070. The summed E-state index contributed by atoms with van der Waals surface area (Å²) in [4.78, 5) is 22.8. The van der Waals surface area contributed by atoms with E-state index in [0.717, 1.165) is 38.5 Å². The third kappa shape index (κ3) is 4.53. The molecule has 1 aromatic carbocycles. The Morgan fingerprint density at radius 2 is 1.91 bits per heavy atom. The minimum atomic E-state index is -4.55. The lowest BCUT2D eigenvalue weighted by molar-refractivity contribution is -0.141. The minimum Gasteiger partial charge on any atom is -0.508 e. The third-order valence-electron chi connectivity index (χ3n) is 7.37. The molecular formula is C24H30F3N5O2. The van der Waals surface area contributed by atoms with Gasteiger partial charge in [-0.1, -0.05) is 6.92 Å². The fourth-order valence-electron chi connectivity index (χ4n) is 5.47.